The Balaban J connectivity index is 1.94. The Morgan fingerprint density at radius 3 is 2.50 bits per heavy atom. The molecule has 0 aliphatic heterocycles. The summed E-state index contributed by atoms with van der Waals surface area (Å²) in [7, 11) is 1.30. The fraction of sp³-hybridized carbons (Fsp3) is 0.235. The Morgan fingerprint density at radius 1 is 1.12 bits per heavy atom. The summed E-state index contributed by atoms with van der Waals surface area (Å²) in [6, 6.07) is 12.1. The fourth-order valence-corrected chi connectivity index (χ4v) is 2.73. The Hall–Kier alpha value is -2.67. The Morgan fingerprint density at radius 2 is 1.88 bits per heavy atom. The van der Waals surface area contributed by atoms with Crippen LogP contribution in [0.1, 0.15) is 27.7 Å². The summed E-state index contributed by atoms with van der Waals surface area (Å²) in [4.78, 5) is 36.0. The first-order chi connectivity index (χ1) is 11.6. The van der Waals surface area contributed by atoms with Gasteiger partial charge in [-0.2, -0.15) is 0 Å². The molecule has 0 aliphatic carbocycles. The molecule has 1 aromatic carbocycles. The van der Waals surface area contributed by atoms with E-state index in [0.29, 0.717) is 4.88 Å². The molecule has 6 nitrogen and oxygen atoms in total. The number of hydrogen-bond donors (Lipinski definition) is 2. The second-order valence-corrected chi connectivity index (χ2v) is 5.92. The van der Waals surface area contributed by atoms with Crippen molar-refractivity contribution >= 4 is 29.1 Å². The van der Waals surface area contributed by atoms with Crippen LogP contribution in [0, 0.1) is 0 Å². The predicted molar refractivity (Wildman–Crippen MR) is 90.6 cm³/mol. The molecule has 0 bridgehead atoms. The third-order valence-corrected chi connectivity index (χ3v) is 4.16. The van der Waals surface area contributed by atoms with E-state index in [0.717, 1.165) is 5.56 Å². The van der Waals surface area contributed by atoms with E-state index in [1.54, 1.807) is 17.5 Å². The monoisotopic (exact) mass is 346 g/mol. The van der Waals surface area contributed by atoms with Crippen LogP contribution in [-0.2, 0) is 14.3 Å². The first-order valence-electron chi connectivity index (χ1n) is 7.33. The van der Waals surface area contributed by atoms with Gasteiger partial charge in [-0.25, -0.2) is 0 Å². The van der Waals surface area contributed by atoms with Crippen LogP contribution in [0.3, 0.4) is 0 Å². The molecule has 1 heterocycles. The molecule has 7 heteroatoms. The second kappa shape index (κ2) is 8.83. The van der Waals surface area contributed by atoms with Crippen LogP contribution in [0.5, 0.6) is 0 Å². The molecule has 126 valence electrons. The Kier molecular flexibility index (Phi) is 6.51. The van der Waals surface area contributed by atoms with Crippen molar-refractivity contribution in [2.45, 2.75) is 12.5 Å². The van der Waals surface area contributed by atoms with Gasteiger partial charge in [0.05, 0.1) is 31.0 Å². The minimum atomic E-state index is -0.509. The first kappa shape index (κ1) is 17.7. The topological polar surface area (TPSA) is 84.5 Å². The maximum Gasteiger partial charge on any atom is 0.307 e. The van der Waals surface area contributed by atoms with Gasteiger partial charge in [-0.15, -0.1) is 11.3 Å². The number of amides is 2. The van der Waals surface area contributed by atoms with Crippen molar-refractivity contribution in [3.63, 3.8) is 0 Å². The molecule has 0 saturated carbocycles. The second-order valence-electron chi connectivity index (χ2n) is 4.97. The van der Waals surface area contributed by atoms with Crippen LogP contribution in [-0.4, -0.2) is 31.4 Å². The maximum absolute atomic E-state index is 12.1. The van der Waals surface area contributed by atoms with E-state index >= 15 is 0 Å². The highest BCUT2D eigenvalue weighted by Crippen LogP contribution is 2.17. The third-order valence-electron chi connectivity index (χ3n) is 3.29. The summed E-state index contributed by atoms with van der Waals surface area (Å²) in [6.45, 7) is -0.165. The summed E-state index contributed by atoms with van der Waals surface area (Å²) < 4.78 is 4.67. The zero-order valence-corrected chi connectivity index (χ0v) is 14.0. The summed E-state index contributed by atoms with van der Waals surface area (Å²) in [5.41, 5.74) is 0.792. The highest BCUT2D eigenvalue weighted by atomic mass is 32.1. The van der Waals surface area contributed by atoms with Crippen molar-refractivity contribution in [3.8, 4) is 0 Å². The van der Waals surface area contributed by atoms with Gasteiger partial charge in [0.1, 0.15) is 0 Å². The fourth-order valence-electron chi connectivity index (χ4n) is 2.09. The molecule has 24 heavy (non-hydrogen) atoms. The van der Waals surface area contributed by atoms with Gasteiger partial charge in [-0.1, -0.05) is 36.4 Å². The van der Waals surface area contributed by atoms with E-state index in [1.807, 2.05) is 30.3 Å². The molecule has 2 amide bonds. The molecule has 1 atom stereocenters. The van der Waals surface area contributed by atoms with E-state index in [2.05, 4.69) is 15.4 Å². The molecule has 2 N–H and O–H groups in total. The minimum Gasteiger partial charge on any atom is -0.469 e. The minimum absolute atomic E-state index is 0.0190. The van der Waals surface area contributed by atoms with Gasteiger partial charge in [0.2, 0.25) is 5.91 Å². The van der Waals surface area contributed by atoms with E-state index < -0.39 is 12.0 Å². The van der Waals surface area contributed by atoms with Gasteiger partial charge >= 0.3 is 5.97 Å². The molecule has 0 aliphatic rings. The van der Waals surface area contributed by atoms with Gasteiger partial charge in [-0.05, 0) is 17.0 Å². The van der Waals surface area contributed by atoms with E-state index in [1.165, 1.54) is 18.4 Å². The van der Waals surface area contributed by atoms with Crippen molar-refractivity contribution in [1.29, 1.82) is 0 Å². The predicted octanol–water partition coefficient (Wildman–Crippen LogP) is 1.90. The summed E-state index contributed by atoms with van der Waals surface area (Å²) in [5, 5.41) is 7.09. The number of thiophene rings is 1. The number of hydrogen-bond acceptors (Lipinski definition) is 5. The van der Waals surface area contributed by atoms with Crippen molar-refractivity contribution in [1.82, 2.24) is 10.6 Å². The standard InChI is InChI=1S/C17H18N2O4S/c1-23-16(21)10-13(12-6-3-2-4-7-12)19-15(20)11-18-17(22)14-8-5-9-24-14/h2-9,13H,10-11H2,1H3,(H,18,22)(H,19,20)/t13-/m0/s1. The zero-order chi connectivity index (χ0) is 17.4. The molecule has 2 rings (SSSR count). The van der Waals surface area contributed by atoms with Crippen molar-refractivity contribution in [2.75, 3.05) is 13.7 Å². The van der Waals surface area contributed by atoms with Crippen LogP contribution < -0.4 is 10.6 Å². The van der Waals surface area contributed by atoms with Crippen LogP contribution >= 0.6 is 11.3 Å². The number of carbonyl (C=O) groups excluding carboxylic acids is 3. The van der Waals surface area contributed by atoms with Gasteiger partial charge < -0.3 is 15.4 Å². The number of carbonyl (C=O) groups is 3. The summed E-state index contributed by atoms with van der Waals surface area (Å²) in [6.07, 6.45) is 0.0190. The molecule has 0 radical (unpaired) electrons. The molecule has 0 spiro atoms. The average molecular weight is 346 g/mol. The molecular weight excluding hydrogens is 328 g/mol. The smallest absolute Gasteiger partial charge is 0.307 e. The normalized spacial score (nSPS) is 11.4. The van der Waals surface area contributed by atoms with Crippen LogP contribution in [0.2, 0.25) is 0 Å². The molecular formula is C17H18N2O4S. The molecule has 0 saturated heterocycles. The van der Waals surface area contributed by atoms with Crippen LogP contribution in [0.25, 0.3) is 0 Å². The van der Waals surface area contributed by atoms with E-state index in [9.17, 15) is 14.4 Å². The number of benzene rings is 1. The number of esters is 1. The molecule has 0 fully saturated rings. The van der Waals surface area contributed by atoms with Gasteiger partial charge in [0, 0.05) is 0 Å². The Labute approximate surface area is 143 Å². The van der Waals surface area contributed by atoms with E-state index in [4.69, 9.17) is 0 Å². The third kappa shape index (κ3) is 5.20. The lowest BCUT2D eigenvalue weighted by Gasteiger charge is -2.18. The lowest BCUT2D eigenvalue weighted by atomic mass is 10.0. The lowest BCUT2D eigenvalue weighted by molar-refractivity contribution is -0.141. The summed E-state index contributed by atoms with van der Waals surface area (Å²) >= 11 is 1.30. The van der Waals surface area contributed by atoms with Crippen LogP contribution in [0.4, 0.5) is 0 Å². The Bertz CT molecular complexity index is 686. The molecule has 0 unspecified atom stereocenters. The molecule has 1 aromatic heterocycles. The number of nitrogens with one attached hydrogen (secondary N) is 2. The zero-order valence-electron chi connectivity index (χ0n) is 13.2. The number of rotatable bonds is 7. The lowest BCUT2D eigenvalue weighted by Crippen LogP contribution is -2.39. The largest absolute Gasteiger partial charge is 0.469 e. The molecule has 2 aromatic rings. The highest BCUT2D eigenvalue weighted by Gasteiger charge is 2.19. The first-order valence-corrected chi connectivity index (χ1v) is 8.21. The highest BCUT2D eigenvalue weighted by molar-refractivity contribution is 7.12. The van der Waals surface area contributed by atoms with Crippen molar-refractivity contribution in [3.05, 3.63) is 58.3 Å². The van der Waals surface area contributed by atoms with E-state index in [-0.39, 0.29) is 24.8 Å². The number of methoxy groups -OCH3 is 1. The SMILES string of the molecule is COC(=O)C[C@H](NC(=O)CNC(=O)c1cccs1)c1ccccc1. The quantitative estimate of drug-likeness (QED) is 0.750. The van der Waals surface area contributed by atoms with Gasteiger partial charge in [0.15, 0.2) is 0 Å². The van der Waals surface area contributed by atoms with Gasteiger partial charge in [-0.3, -0.25) is 14.4 Å². The maximum atomic E-state index is 12.1. The van der Waals surface area contributed by atoms with Crippen molar-refractivity contribution in [2.24, 2.45) is 0 Å². The van der Waals surface area contributed by atoms with Crippen molar-refractivity contribution < 1.29 is 19.1 Å². The average Bonchev–Trinajstić information content (AvgIpc) is 3.14. The van der Waals surface area contributed by atoms with Crippen LogP contribution in [0.15, 0.2) is 47.8 Å². The number of ether oxygens (including phenoxy) is 1. The summed E-state index contributed by atoms with van der Waals surface area (Å²) in [5.74, 6) is -1.10. The van der Waals surface area contributed by atoms with Gasteiger partial charge in [0.25, 0.3) is 5.91 Å².